The first-order valence-electron chi connectivity index (χ1n) is 8.75. The van der Waals surface area contributed by atoms with E-state index in [2.05, 4.69) is 23.3 Å². The number of hydrogen-bond acceptors (Lipinski definition) is 3. The Morgan fingerprint density at radius 3 is 2.83 bits per heavy atom. The van der Waals surface area contributed by atoms with Crippen molar-refractivity contribution < 1.29 is 4.79 Å². The maximum absolute atomic E-state index is 11.8. The molecule has 1 aromatic heterocycles. The molecule has 3 nitrogen and oxygen atoms in total. The van der Waals surface area contributed by atoms with Crippen molar-refractivity contribution >= 4 is 27.5 Å². The molecule has 24 heavy (non-hydrogen) atoms. The van der Waals surface area contributed by atoms with Gasteiger partial charge in [-0.2, -0.15) is 0 Å². The van der Waals surface area contributed by atoms with Gasteiger partial charge in [0.1, 0.15) is 5.01 Å². The Balaban J connectivity index is 1.63. The Hall–Kier alpha value is -1.94. The van der Waals surface area contributed by atoms with Gasteiger partial charge in [0.05, 0.1) is 16.8 Å². The van der Waals surface area contributed by atoms with Gasteiger partial charge in [0, 0.05) is 6.08 Å². The van der Waals surface area contributed by atoms with Crippen LogP contribution >= 0.6 is 11.3 Å². The van der Waals surface area contributed by atoms with E-state index in [1.807, 2.05) is 30.3 Å². The van der Waals surface area contributed by atoms with Crippen molar-refractivity contribution in [2.45, 2.75) is 52.0 Å². The van der Waals surface area contributed by atoms with Crippen LogP contribution in [0.3, 0.4) is 0 Å². The van der Waals surface area contributed by atoms with Crippen LogP contribution in [0.15, 0.2) is 48.6 Å². The van der Waals surface area contributed by atoms with Crippen LogP contribution in [-0.4, -0.2) is 10.9 Å². The number of fused-ring (bicyclic) bond motifs is 1. The first kappa shape index (κ1) is 18.4. The van der Waals surface area contributed by atoms with E-state index in [-0.39, 0.29) is 5.91 Å². The molecule has 0 spiro atoms. The molecule has 0 atom stereocenters. The summed E-state index contributed by atoms with van der Waals surface area (Å²) >= 11 is 1.62. The number of nitrogens with zero attached hydrogens (tertiary/aromatic N) is 1. The van der Waals surface area contributed by atoms with Crippen LogP contribution in [-0.2, 0) is 11.3 Å². The minimum Gasteiger partial charge on any atom is -0.346 e. The fourth-order valence-corrected chi connectivity index (χ4v) is 3.31. The lowest BCUT2D eigenvalue weighted by Gasteiger charge is -1.97. The maximum atomic E-state index is 11.8. The molecule has 0 fully saturated rings. The lowest BCUT2D eigenvalue weighted by molar-refractivity contribution is -0.116. The van der Waals surface area contributed by atoms with Gasteiger partial charge < -0.3 is 5.32 Å². The quantitative estimate of drug-likeness (QED) is 0.357. The van der Waals surface area contributed by atoms with Crippen LogP contribution in [0.1, 0.15) is 50.5 Å². The molecule has 0 unspecified atom stereocenters. The van der Waals surface area contributed by atoms with Gasteiger partial charge in [0.15, 0.2) is 0 Å². The average Bonchev–Trinajstić information content (AvgIpc) is 3.01. The highest BCUT2D eigenvalue weighted by Gasteiger charge is 2.03. The van der Waals surface area contributed by atoms with E-state index >= 15 is 0 Å². The molecule has 2 rings (SSSR count). The molecular weight excluding hydrogens is 316 g/mol. The standard InChI is InChI=1S/C20H26N2OS/c1-2-3-4-5-6-7-8-9-10-15-19(23)21-16-20-22-17-13-11-12-14-18(17)24-20/h8-15H,2-7,16H2,1H3,(H,21,23)/b9-8+,15-10+. The van der Waals surface area contributed by atoms with E-state index in [0.29, 0.717) is 6.54 Å². The summed E-state index contributed by atoms with van der Waals surface area (Å²) in [6, 6.07) is 8.01. The largest absolute Gasteiger partial charge is 0.346 e. The van der Waals surface area contributed by atoms with Gasteiger partial charge in [-0.15, -0.1) is 11.3 Å². The van der Waals surface area contributed by atoms with Crippen LogP contribution in [0.4, 0.5) is 0 Å². The lowest BCUT2D eigenvalue weighted by atomic mass is 10.1. The second-order valence-corrected chi connectivity index (χ2v) is 6.90. The topological polar surface area (TPSA) is 42.0 Å². The highest BCUT2D eigenvalue weighted by atomic mass is 32.1. The number of nitrogens with one attached hydrogen (secondary N) is 1. The number of amides is 1. The van der Waals surface area contributed by atoms with Gasteiger partial charge in [0.25, 0.3) is 0 Å². The van der Waals surface area contributed by atoms with Crippen LogP contribution in [0.25, 0.3) is 10.2 Å². The molecule has 128 valence electrons. The highest BCUT2D eigenvalue weighted by molar-refractivity contribution is 7.18. The first-order chi connectivity index (χ1) is 11.8. The van der Waals surface area contributed by atoms with E-state index in [1.54, 1.807) is 23.5 Å². The number of benzene rings is 1. The summed E-state index contributed by atoms with van der Waals surface area (Å²) in [5.41, 5.74) is 0.990. The van der Waals surface area contributed by atoms with Crippen molar-refractivity contribution in [3.8, 4) is 0 Å². The first-order valence-corrected chi connectivity index (χ1v) is 9.56. The van der Waals surface area contributed by atoms with E-state index in [1.165, 1.54) is 32.1 Å². The molecule has 2 aromatic rings. The molecule has 1 aromatic carbocycles. The smallest absolute Gasteiger partial charge is 0.244 e. The fraction of sp³-hybridized carbons (Fsp3) is 0.400. The Kier molecular flexibility index (Phi) is 8.25. The monoisotopic (exact) mass is 342 g/mol. The summed E-state index contributed by atoms with van der Waals surface area (Å²) in [4.78, 5) is 16.3. The fourth-order valence-electron chi connectivity index (χ4n) is 2.40. The second kappa shape index (κ2) is 10.8. The molecule has 0 aliphatic carbocycles. The summed E-state index contributed by atoms with van der Waals surface area (Å²) in [5.74, 6) is -0.0816. The zero-order valence-corrected chi connectivity index (χ0v) is 15.1. The average molecular weight is 343 g/mol. The van der Waals surface area contributed by atoms with Crippen molar-refractivity contribution in [1.82, 2.24) is 10.3 Å². The number of carbonyl (C=O) groups excluding carboxylic acids is 1. The van der Waals surface area contributed by atoms with Crippen LogP contribution < -0.4 is 5.32 Å². The third-order valence-electron chi connectivity index (χ3n) is 3.72. The number of hydrogen-bond donors (Lipinski definition) is 1. The molecule has 0 saturated heterocycles. The van der Waals surface area contributed by atoms with Crippen molar-refractivity contribution in [2.24, 2.45) is 0 Å². The molecule has 0 radical (unpaired) electrons. The number of thiazole rings is 1. The lowest BCUT2D eigenvalue weighted by Crippen LogP contribution is -2.19. The summed E-state index contributed by atoms with van der Waals surface area (Å²) in [6.07, 6.45) is 15.0. The normalized spacial score (nSPS) is 11.7. The van der Waals surface area contributed by atoms with Crippen molar-refractivity contribution in [1.29, 1.82) is 0 Å². The third kappa shape index (κ3) is 6.67. The maximum Gasteiger partial charge on any atom is 0.244 e. The van der Waals surface area contributed by atoms with Gasteiger partial charge in [-0.05, 0) is 25.0 Å². The van der Waals surface area contributed by atoms with Gasteiger partial charge >= 0.3 is 0 Å². The predicted molar refractivity (Wildman–Crippen MR) is 103 cm³/mol. The highest BCUT2D eigenvalue weighted by Crippen LogP contribution is 2.21. The second-order valence-electron chi connectivity index (χ2n) is 5.78. The van der Waals surface area contributed by atoms with Crippen molar-refractivity contribution in [2.75, 3.05) is 0 Å². The number of carbonyl (C=O) groups is 1. The van der Waals surface area contributed by atoms with Crippen LogP contribution in [0, 0.1) is 0 Å². The van der Waals surface area contributed by atoms with Crippen molar-refractivity contribution in [3.05, 3.63) is 53.6 Å². The van der Waals surface area contributed by atoms with Gasteiger partial charge in [-0.1, -0.05) is 63.0 Å². The van der Waals surface area contributed by atoms with Gasteiger partial charge in [-0.25, -0.2) is 4.98 Å². The SMILES string of the molecule is CCCCCCC/C=C/C=C/C(=O)NCc1nc2ccccc2s1. The Labute approximate surface area is 148 Å². The number of unbranched alkanes of at least 4 members (excludes halogenated alkanes) is 5. The Bertz CT molecular complexity index is 655. The zero-order chi connectivity index (χ0) is 17.0. The molecule has 1 amide bonds. The number of allylic oxidation sites excluding steroid dienone is 3. The Morgan fingerprint density at radius 2 is 2.00 bits per heavy atom. The van der Waals surface area contributed by atoms with E-state index in [9.17, 15) is 4.79 Å². The number of aromatic nitrogens is 1. The van der Waals surface area contributed by atoms with E-state index < -0.39 is 0 Å². The minimum atomic E-state index is -0.0816. The molecule has 0 bridgehead atoms. The number of para-hydroxylation sites is 1. The third-order valence-corrected chi connectivity index (χ3v) is 4.76. The molecule has 4 heteroatoms. The van der Waals surface area contributed by atoms with E-state index in [0.717, 1.165) is 21.6 Å². The van der Waals surface area contributed by atoms with Gasteiger partial charge in [0.2, 0.25) is 5.91 Å². The summed E-state index contributed by atoms with van der Waals surface area (Å²) in [7, 11) is 0. The molecule has 0 aliphatic heterocycles. The molecule has 1 heterocycles. The zero-order valence-electron chi connectivity index (χ0n) is 14.3. The Morgan fingerprint density at radius 1 is 1.17 bits per heavy atom. The summed E-state index contributed by atoms with van der Waals surface area (Å²) in [5, 5.41) is 3.80. The molecular formula is C20H26N2OS. The van der Waals surface area contributed by atoms with E-state index in [4.69, 9.17) is 0 Å². The number of rotatable bonds is 10. The predicted octanol–water partition coefficient (Wildman–Crippen LogP) is 5.39. The minimum absolute atomic E-state index is 0.0816. The molecule has 1 N–H and O–H groups in total. The summed E-state index contributed by atoms with van der Waals surface area (Å²) < 4.78 is 1.15. The summed E-state index contributed by atoms with van der Waals surface area (Å²) in [6.45, 7) is 2.70. The molecule has 0 saturated carbocycles. The molecule has 0 aliphatic rings. The van der Waals surface area contributed by atoms with Crippen LogP contribution in [0.2, 0.25) is 0 Å². The van der Waals surface area contributed by atoms with Crippen molar-refractivity contribution in [3.63, 3.8) is 0 Å². The van der Waals surface area contributed by atoms with Crippen LogP contribution in [0.5, 0.6) is 0 Å². The van der Waals surface area contributed by atoms with Gasteiger partial charge in [-0.3, -0.25) is 4.79 Å².